The molecule has 0 unspecified atom stereocenters. The van der Waals surface area contributed by atoms with Crippen LogP contribution in [0.1, 0.15) is 26.5 Å². The largest absolute Gasteiger partial charge is 0.481 e. The van der Waals surface area contributed by atoms with Gasteiger partial charge in [-0.1, -0.05) is 50.6 Å². The van der Waals surface area contributed by atoms with Crippen molar-refractivity contribution in [2.45, 2.75) is 26.2 Å². The minimum atomic E-state index is -0.0124. The van der Waals surface area contributed by atoms with Crippen LogP contribution in [0.15, 0.2) is 54.9 Å². The normalized spacial score (nSPS) is 11.4. The van der Waals surface area contributed by atoms with Crippen molar-refractivity contribution in [2.24, 2.45) is 0 Å². The summed E-state index contributed by atoms with van der Waals surface area (Å²) in [5.41, 5.74) is 4.88. The second kappa shape index (κ2) is 6.85. The van der Waals surface area contributed by atoms with E-state index in [1.807, 2.05) is 42.7 Å². The molecule has 0 N–H and O–H groups in total. The predicted octanol–water partition coefficient (Wildman–Crippen LogP) is 5.77. The fraction of sp³-hybridized carbons (Fsp3) is 0.238. The van der Waals surface area contributed by atoms with Gasteiger partial charge in [0.15, 0.2) is 0 Å². The zero-order valence-corrected chi connectivity index (χ0v) is 15.6. The lowest BCUT2D eigenvalue weighted by Crippen LogP contribution is -2.13. The molecular formula is C21H21ClN2O. The molecule has 2 heterocycles. The van der Waals surface area contributed by atoms with Crippen molar-refractivity contribution in [3.63, 3.8) is 0 Å². The SMILES string of the molecule is COc1ncc(-c2ccnc(C(C)(C)C)c2)cc1-c1ccccc1Cl. The summed E-state index contributed by atoms with van der Waals surface area (Å²) in [6.45, 7) is 6.46. The molecule has 25 heavy (non-hydrogen) atoms. The number of halogens is 1. The Morgan fingerprint density at radius 1 is 0.920 bits per heavy atom. The number of nitrogens with zero attached hydrogens (tertiary/aromatic N) is 2. The Bertz CT molecular complexity index is 900. The lowest BCUT2D eigenvalue weighted by molar-refractivity contribution is 0.400. The van der Waals surface area contributed by atoms with E-state index in [1.54, 1.807) is 7.11 Å². The molecule has 4 heteroatoms. The maximum atomic E-state index is 6.38. The van der Waals surface area contributed by atoms with Crippen molar-refractivity contribution in [2.75, 3.05) is 7.11 Å². The predicted molar refractivity (Wildman–Crippen MR) is 103 cm³/mol. The number of hydrogen-bond acceptors (Lipinski definition) is 3. The van der Waals surface area contributed by atoms with Crippen LogP contribution in [0.3, 0.4) is 0 Å². The van der Waals surface area contributed by atoms with Gasteiger partial charge in [-0.25, -0.2) is 4.98 Å². The molecule has 3 aromatic rings. The molecule has 0 saturated heterocycles. The van der Waals surface area contributed by atoms with E-state index >= 15 is 0 Å². The van der Waals surface area contributed by atoms with Gasteiger partial charge in [0.05, 0.1) is 7.11 Å². The van der Waals surface area contributed by atoms with E-state index in [2.05, 4.69) is 42.9 Å². The fourth-order valence-electron chi connectivity index (χ4n) is 2.67. The third kappa shape index (κ3) is 3.67. The van der Waals surface area contributed by atoms with Crippen molar-refractivity contribution < 1.29 is 4.74 Å². The van der Waals surface area contributed by atoms with Crippen molar-refractivity contribution in [3.05, 3.63) is 65.6 Å². The summed E-state index contributed by atoms with van der Waals surface area (Å²) in [7, 11) is 1.62. The molecule has 1 aromatic carbocycles. The summed E-state index contributed by atoms with van der Waals surface area (Å²) in [4.78, 5) is 8.98. The maximum absolute atomic E-state index is 6.38. The van der Waals surface area contributed by atoms with E-state index in [0.717, 1.165) is 27.9 Å². The minimum absolute atomic E-state index is 0.0124. The highest BCUT2D eigenvalue weighted by atomic mass is 35.5. The van der Waals surface area contributed by atoms with E-state index in [9.17, 15) is 0 Å². The molecule has 0 spiro atoms. The number of aromatic nitrogens is 2. The Morgan fingerprint density at radius 2 is 1.68 bits per heavy atom. The smallest absolute Gasteiger partial charge is 0.221 e. The standard InChI is InChI=1S/C21H21ClN2O/c1-21(2,3)19-12-14(9-10-23-19)15-11-17(20(25-4)24-13-15)16-7-5-6-8-18(16)22/h5-13H,1-4H3. The molecule has 0 aliphatic carbocycles. The quantitative estimate of drug-likeness (QED) is 0.600. The zero-order valence-electron chi connectivity index (χ0n) is 14.9. The lowest BCUT2D eigenvalue weighted by Gasteiger charge is -2.18. The van der Waals surface area contributed by atoms with Gasteiger partial charge in [-0.05, 0) is 29.8 Å². The molecule has 0 aliphatic rings. The Hall–Kier alpha value is -2.39. The first kappa shape index (κ1) is 17.4. The van der Waals surface area contributed by atoms with Crippen LogP contribution in [-0.2, 0) is 5.41 Å². The number of hydrogen-bond donors (Lipinski definition) is 0. The molecule has 0 amide bonds. The molecule has 0 atom stereocenters. The van der Waals surface area contributed by atoms with Gasteiger partial charge in [0.1, 0.15) is 0 Å². The Labute approximate surface area is 153 Å². The molecule has 0 fully saturated rings. The maximum Gasteiger partial charge on any atom is 0.221 e. The number of ether oxygens (including phenoxy) is 1. The Kier molecular flexibility index (Phi) is 4.78. The van der Waals surface area contributed by atoms with Crippen molar-refractivity contribution in [3.8, 4) is 28.1 Å². The van der Waals surface area contributed by atoms with E-state index < -0.39 is 0 Å². The van der Waals surface area contributed by atoms with Crippen molar-refractivity contribution in [1.82, 2.24) is 9.97 Å². The van der Waals surface area contributed by atoms with E-state index in [1.165, 1.54) is 0 Å². The van der Waals surface area contributed by atoms with Gasteiger partial charge in [-0.2, -0.15) is 0 Å². The highest BCUT2D eigenvalue weighted by Gasteiger charge is 2.17. The Morgan fingerprint density at radius 3 is 2.36 bits per heavy atom. The van der Waals surface area contributed by atoms with Gasteiger partial charge in [0, 0.05) is 45.2 Å². The second-order valence-electron chi connectivity index (χ2n) is 6.94. The minimum Gasteiger partial charge on any atom is -0.481 e. The van der Waals surface area contributed by atoms with Crippen LogP contribution in [0.5, 0.6) is 5.88 Å². The molecule has 3 nitrogen and oxygen atoms in total. The van der Waals surface area contributed by atoms with Crippen molar-refractivity contribution in [1.29, 1.82) is 0 Å². The van der Waals surface area contributed by atoms with Crippen LogP contribution >= 0.6 is 11.6 Å². The van der Waals surface area contributed by atoms with Gasteiger partial charge in [0.25, 0.3) is 0 Å². The number of pyridine rings is 2. The van der Waals surface area contributed by atoms with E-state index in [0.29, 0.717) is 10.9 Å². The van der Waals surface area contributed by atoms with E-state index in [4.69, 9.17) is 16.3 Å². The summed E-state index contributed by atoms with van der Waals surface area (Å²) in [5.74, 6) is 0.557. The topological polar surface area (TPSA) is 35.0 Å². The first-order valence-corrected chi connectivity index (χ1v) is 8.54. The third-order valence-electron chi connectivity index (χ3n) is 4.07. The van der Waals surface area contributed by atoms with Crippen LogP contribution in [0.2, 0.25) is 5.02 Å². The van der Waals surface area contributed by atoms with Crippen molar-refractivity contribution >= 4 is 11.6 Å². The molecule has 0 aliphatic heterocycles. The lowest BCUT2D eigenvalue weighted by atomic mass is 9.90. The number of methoxy groups -OCH3 is 1. The number of benzene rings is 1. The van der Waals surface area contributed by atoms with Crippen LogP contribution in [0.25, 0.3) is 22.3 Å². The first-order chi connectivity index (χ1) is 11.9. The molecule has 2 aromatic heterocycles. The highest BCUT2D eigenvalue weighted by molar-refractivity contribution is 6.33. The van der Waals surface area contributed by atoms with Gasteiger partial charge >= 0.3 is 0 Å². The summed E-state index contributed by atoms with van der Waals surface area (Å²) in [5, 5.41) is 0.671. The number of rotatable bonds is 3. The molecular weight excluding hydrogens is 332 g/mol. The molecule has 128 valence electrons. The van der Waals surface area contributed by atoms with Crippen LogP contribution in [0, 0.1) is 0 Å². The van der Waals surface area contributed by atoms with Gasteiger partial charge in [-0.3, -0.25) is 4.98 Å². The second-order valence-corrected chi connectivity index (χ2v) is 7.35. The average Bonchev–Trinajstić information content (AvgIpc) is 2.61. The van der Waals surface area contributed by atoms with E-state index in [-0.39, 0.29) is 5.41 Å². The summed E-state index contributed by atoms with van der Waals surface area (Å²) < 4.78 is 5.44. The van der Waals surface area contributed by atoms with Gasteiger partial charge in [-0.15, -0.1) is 0 Å². The summed E-state index contributed by atoms with van der Waals surface area (Å²) in [6, 6.07) is 13.9. The molecule has 0 radical (unpaired) electrons. The van der Waals surface area contributed by atoms with Crippen LogP contribution in [0.4, 0.5) is 0 Å². The average molecular weight is 353 g/mol. The summed E-state index contributed by atoms with van der Waals surface area (Å²) >= 11 is 6.38. The highest BCUT2D eigenvalue weighted by Crippen LogP contribution is 2.36. The molecule has 3 rings (SSSR count). The zero-order chi connectivity index (χ0) is 18.0. The molecule has 0 saturated carbocycles. The monoisotopic (exact) mass is 352 g/mol. The summed E-state index contributed by atoms with van der Waals surface area (Å²) in [6.07, 6.45) is 3.66. The first-order valence-electron chi connectivity index (χ1n) is 8.16. The fourth-order valence-corrected chi connectivity index (χ4v) is 2.90. The third-order valence-corrected chi connectivity index (χ3v) is 4.40. The van der Waals surface area contributed by atoms with Gasteiger partial charge < -0.3 is 4.74 Å². The van der Waals surface area contributed by atoms with Crippen LogP contribution < -0.4 is 4.74 Å². The molecule has 0 bridgehead atoms. The Balaban J connectivity index is 2.14. The van der Waals surface area contributed by atoms with Gasteiger partial charge in [0.2, 0.25) is 5.88 Å². The van der Waals surface area contributed by atoms with Crippen LogP contribution in [-0.4, -0.2) is 17.1 Å².